The van der Waals surface area contributed by atoms with E-state index in [1.54, 1.807) is 0 Å². The van der Waals surface area contributed by atoms with E-state index >= 15 is 0 Å². The minimum Gasteiger partial charge on any atom is -0.458 e. The predicted molar refractivity (Wildman–Crippen MR) is 151 cm³/mol. The number of carbonyl (C=O) groups is 2. The van der Waals surface area contributed by atoms with Gasteiger partial charge in [-0.1, -0.05) is 12.1 Å². The zero-order valence-electron chi connectivity index (χ0n) is 22.9. The highest BCUT2D eigenvalue weighted by atomic mass is 16.7. The Balaban J connectivity index is 2.00. The van der Waals surface area contributed by atoms with Crippen LogP contribution in [0.25, 0.3) is 0 Å². The zero-order valence-corrected chi connectivity index (χ0v) is 22.9. The lowest BCUT2D eigenvalue weighted by Crippen LogP contribution is -2.40. The van der Waals surface area contributed by atoms with Gasteiger partial charge < -0.3 is 20.5 Å². The summed E-state index contributed by atoms with van der Waals surface area (Å²) in [5.41, 5.74) is -3.01. The zero-order chi connectivity index (χ0) is 35.2. The lowest BCUT2D eigenvalue weighted by atomic mass is 10.1. The lowest BCUT2D eigenvalue weighted by Gasteiger charge is -2.19. The molecule has 0 amide bonds. The summed E-state index contributed by atoms with van der Waals surface area (Å²) in [5, 5.41) is 70.8. The summed E-state index contributed by atoms with van der Waals surface area (Å²) >= 11 is 0. The summed E-state index contributed by atoms with van der Waals surface area (Å²) < 4.78 is 9.82. The molecule has 0 saturated carbocycles. The first-order valence-electron chi connectivity index (χ1n) is 12.2. The highest BCUT2D eigenvalue weighted by Gasteiger charge is 2.36. The van der Waals surface area contributed by atoms with Crippen molar-refractivity contribution in [2.75, 3.05) is 11.1 Å². The largest absolute Gasteiger partial charge is 0.458 e. The van der Waals surface area contributed by atoms with Crippen molar-refractivity contribution < 1.29 is 48.6 Å². The molecule has 0 aromatic heterocycles. The topological polar surface area (TPSA) is 349 Å². The normalized spacial score (nSPS) is 10.5. The SMILES string of the molecule is Nc1ccccc1NC(C(=O)OCc1c([N+](=O)[O-])cc([N+](=O)[O-])cc1[N+](=O)[O-])C(=O)OCc1c([N+](=O)[O-])cc([N+](=O)[O-])cc1[N+](=O)[O-]. The van der Waals surface area contributed by atoms with Crippen LogP contribution in [-0.4, -0.2) is 47.5 Å². The maximum atomic E-state index is 13.1. The van der Waals surface area contributed by atoms with Crippen molar-refractivity contribution >= 4 is 57.4 Å². The third-order valence-corrected chi connectivity index (χ3v) is 6.03. The van der Waals surface area contributed by atoms with Gasteiger partial charge in [0.1, 0.15) is 24.3 Å². The van der Waals surface area contributed by atoms with Crippen LogP contribution >= 0.6 is 0 Å². The molecule has 0 atom stereocenters. The minimum absolute atomic E-state index is 0.0682. The Morgan fingerprint density at radius 1 is 0.617 bits per heavy atom. The molecular formula is C23H16N8O16. The van der Waals surface area contributed by atoms with E-state index in [1.807, 2.05) is 0 Å². The van der Waals surface area contributed by atoms with Gasteiger partial charge in [0.15, 0.2) is 0 Å². The Hall–Kier alpha value is -7.40. The first kappa shape index (κ1) is 34.1. The van der Waals surface area contributed by atoms with Crippen LogP contribution in [0, 0.1) is 60.7 Å². The van der Waals surface area contributed by atoms with Crippen LogP contribution < -0.4 is 11.1 Å². The van der Waals surface area contributed by atoms with Crippen molar-refractivity contribution in [1.29, 1.82) is 0 Å². The standard InChI is InChI=1S/C23H16N8O16/c24-15-3-1-2-4-16(15)25-21(22(32)46-9-13-17(28(38)39)5-11(26(34)35)6-18(13)29(40)41)23(33)47-10-14-19(30(42)43)7-12(27(36)37)8-20(14)31(44)45/h1-8,21,25H,9-10,24H2. The molecule has 0 saturated heterocycles. The first-order chi connectivity index (χ1) is 22.0. The van der Waals surface area contributed by atoms with E-state index in [0.29, 0.717) is 24.3 Å². The molecule has 0 spiro atoms. The second kappa shape index (κ2) is 13.9. The molecule has 244 valence electrons. The second-order valence-corrected chi connectivity index (χ2v) is 8.85. The fraction of sp³-hybridized carbons (Fsp3) is 0.130. The highest BCUT2D eigenvalue weighted by molar-refractivity contribution is 6.02. The van der Waals surface area contributed by atoms with Gasteiger partial charge in [-0.3, -0.25) is 60.7 Å². The highest BCUT2D eigenvalue weighted by Crippen LogP contribution is 2.36. The van der Waals surface area contributed by atoms with Gasteiger partial charge in [-0.2, -0.15) is 0 Å². The molecule has 0 fully saturated rings. The van der Waals surface area contributed by atoms with Gasteiger partial charge in [0.25, 0.3) is 34.1 Å². The molecule has 3 rings (SSSR count). The number of nitro groups is 6. The molecule has 3 aromatic carbocycles. The van der Waals surface area contributed by atoms with Crippen molar-refractivity contribution in [2.24, 2.45) is 0 Å². The maximum Gasteiger partial charge on any atom is 0.340 e. The predicted octanol–water partition coefficient (Wildman–Crippen LogP) is 2.99. The number of hydrogen-bond donors (Lipinski definition) is 2. The van der Waals surface area contributed by atoms with E-state index in [4.69, 9.17) is 15.2 Å². The lowest BCUT2D eigenvalue weighted by molar-refractivity contribution is -0.404. The fourth-order valence-electron chi connectivity index (χ4n) is 3.86. The average Bonchev–Trinajstić information content (AvgIpc) is 3.00. The number of anilines is 2. The molecule has 3 aromatic rings. The van der Waals surface area contributed by atoms with E-state index in [2.05, 4.69) is 5.32 Å². The van der Waals surface area contributed by atoms with Crippen molar-refractivity contribution in [1.82, 2.24) is 0 Å². The number of para-hydroxylation sites is 2. The Labute approximate surface area is 257 Å². The van der Waals surface area contributed by atoms with E-state index < -0.39 is 106 Å². The van der Waals surface area contributed by atoms with E-state index in [1.165, 1.54) is 24.3 Å². The van der Waals surface area contributed by atoms with Crippen molar-refractivity contribution in [3.63, 3.8) is 0 Å². The molecule has 24 heteroatoms. The van der Waals surface area contributed by atoms with Crippen molar-refractivity contribution in [3.05, 3.63) is 120 Å². The number of ether oxygens (including phenoxy) is 2. The van der Waals surface area contributed by atoms with E-state index in [9.17, 15) is 70.3 Å². The molecule has 0 aliphatic rings. The molecular weight excluding hydrogens is 644 g/mol. The number of hydrogen-bond acceptors (Lipinski definition) is 18. The summed E-state index contributed by atoms with van der Waals surface area (Å²) in [4.78, 5) is 87.5. The van der Waals surface area contributed by atoms with Gasteiger partial charge in [-0.25, -0.2) is 9.59 Å². The van der Waals surface area contributed by atoms with Crippen LogP contribution in [0.3, 0.4) is 0 Å². The fourth-order valence-corrected chi connectivity index (χ4v) is 3.86. The van der Waals surface area contributed by atoms with E-state index in [-0.39, 0.29) is 11.4 Å². The van der Waals surface area contributed by atoms with Gasteiger partial charge in [-0.05, 0) is 12.1 Å². The number of nitrogens with zero attached hydrogens (tertiary/aromatic N) is 6. The van der Waals surface area contributed by atoms with Crippen molar-refractivity contribution in [3.8, 4) is 0 Å². The van der Waals surface area contributed by atoms with Crippen molar-refractivity contribution in [2.45, 2.75) is 19.3 Å². The smallest absolute Gasteiger partial charge is 0.340 e. The number of nitro benzene ring substituents is 6. The summed E-state index contributed by atoms with van der Waals surface area (Å²) in [7, 11) is 0. The number of benzene rings is 3. The Morgan fingerprint density at radius 2 is 0.957 bits per heavy atom. The number of carbonyl (C=O) groups excluding carboxylic acids is 2. The Morgan fingerprint density at radius 3 is 1.26 bits per heavy atom. The molecule has 0 heterocycles. The monoisotopic (exact) mass is 660 g/mol. The number of nitrogen functional groups attached to an aromatic ring is 1. The number of nitrogens with one attached hydrogen (secondary N) is 1. The number of nitrogens with two attached hydrogens (primary N) is 1. The van der Waals surface area contributed by atoms with Gasteiger partial charge in [0.2, 0.25) is 6.04 Å². The van der Waals surface area contributed by atoms with Crippen LogP contribution in [0.1, 0.15) is 11.1 Å². The molecule has 0 unspecified atom stereocenters. The molecule has 47 heavy (non-hydrogen) atoms. The van der Waals surface area contributed by atoms with Gasteiger partial charge in [0.05, 0.1) is 65.2 Å². The number of esters is 2. The summed E-state index contributed by atoms with van der Waals surface area (Å²) in [5.74, 6) is -3.29. The Bertz CT molecular complexity index is 1680. The summed E-state index contributed by atoms with van der Waals surface area (Å²) in [6, 6.07) is 4.58. The molecule has 3 N–H and O–H groups in total. The molecule has 0 radical (unpaired) electrons. The van der Waals surface area contributed by atoms with Gasteiger partial charge in [-0.15, -0.1) is 0 Å². The van der Waals surface area contributed by atoms with Crippen LogP contribution in [0.15, 0.2) is 48.5 Å². The maximum absolute atomic E-state index is 13.1. The third kappa shape index (κ3) is 7.77. The second-order valence-electron chi connectivity index (χ2n) is 8.85. The summed E-state index contributed by atoms with van der Waals surface area (Å²) in [6.45, 7) is -2.59. The van der Waals surface area contributed by atoms with E-state index in [0.717, 1.165) is 0 Å². The van der Waals surface area contributed by atoms with Gasteiger partial charge >= 0.3 is 11.9 Å². The third-order valence-electron chi connectivity index (χ3n) is 6.03. The summed E-state index contributed by atoms with van der Waals surface area (Å²) in [6.07, 6.45) is 0. The van der Waals surface area contributed by atoms with Crippen LogP contribution in [0.4, 0.5) is 45.5 Å². The number of rotatable bonds is 14. The molecule has 0 bridgehead atoms. The first-order valence-corrected chi connectivity index (χ1v) is 12.2. The molecule has 0 aliphatic heterocycles. The van der Waals surface area contributed by atoms with Crippen LogP contribution in [-0.2, 0) is 32.3 Å². The molecule has 24 nitrogen and oxygen atoms in total. The number of non-ortho nitro benzene ring substituents is 2. The Kier molecular flexibility index (Phi) is 10.1. The van der Waals surface area contributed by atoms with Crippen LogP contribution in [0.5, 0.6) is 0 Å². The van der Waals surface area contributed by atoms with Crippen LogP contribution in [0.2, 0.25) is 0 Å². The minimum atomic E-state index is -2.30. The average molecular weight is 660 g/mol. The van der Waals surface area contributed by atoms with Gasteiger partial charge in [0, 0.05) is 0 Å². The quantitative estimate of drug-likeness (QED) is 0.0824. The molecule has 0 aliphatic carbocycles.